The van der Waals surface area contributed by atoms with Crippen LogP contribution in [0.15, 0.2) is 0 Å². The number of rotatable bonds is 6. The molecule has 0 aliphatic carbocycles. The molecule has 0 aliphatic rings. The van der Waals surface area contributed by atoms with Gasteiger partial charge in [-0.2, -0.15) is 5.10 Å². The summed E-state index contributed by atoms with van der Waals surface area (Å²) in [4.78, 5) is 5.49. The number of methoxy groups -OCH3 is 2. The molecule has 1 N–H and O–H groups in total. The quantitative estimate of drug-likeness (QED) is 0.830. The van der Waals surface area contributed by atoms with Crippen molar-refractivity contribution >= 4 is 23.6 Å². The first-order valence-electron chi connectivity index (χ1n) is 5.83. The summed E-state index contributed by atoms with van der Waals surface area (Å²) in [6, 6.07) is 0. The molecule has 0 atom stereocenters. The smallest absolute Gasteiger partial charge is 0.195 e. The van der Waals surface area contributed by atoms with Gasteiger partial charge in [0.15, 0.2) is 10.6 Å². The second-order valence-corrected chi connectivity index (χ2v) is 5.32. The fraction of sp³-hybridized carbons (Fsp3) is 0.545. The highest BCUT2D eigenvalue weighted by Gasteiger charge is 2.18. The molecule has 2 aromatic rings. The van der Waals surface area contributed by atoms with Crippen molar-refractivity contribution in [3.63, 3.8) is 0 Å². The molecule has 2 heterocycles. The monoisotopic (exact) mass is 300 g/mol. The Labute approximate surface area is 120 Å². The summed E-state index contributed by atoms with van der Waals surface area (Å²) in [5.41, 5.74) is 0.864. The van der Waals surface area contributed by atoms with Gasteiger partial charge >= 0.3 is 0 Å². The van der Waals surface area contributed by atoms with Gasteiger partial charge in [0.25, 0.3) is 0 Å². The van der Waals surface area contributed by atoms with E-state index >= 15 is 0 Å². The molecule has 6 nitrogen and oxygen atoms in total. The predicted molar refractivity (Wildman–Crippen MR) is 75.6 cm³/mol. The molecule has 2 aromatic heterocycles. The molecule has 0 unspecified atom stereocenters. The first-order chi connectivity index (χ1) is 9.21. The number of H-pyrrole nitrogens is 1. The van der Waals surface area contributed by atoms with Crippen molar-refractivity contribution in [3.8, 4) is 10.7 Å². The van der Waals surface area contributed by atoms with Crippen LogP contribution < -0.4 is 0 Å². The van der Waals surface area contributed by atoms with Crippen molar-refractivity contribution < 1.29 is 9.47 Å². The highest BCUT2D eigenvalue weighted by molar-refractivity contribution is 7.71. The van der Waals surface area contributed by atoms with Crippen molar-refractivity contribution in [2.24, 2.45) is 0 Å². The summed E-state index contributed by atoms with van der Waals surface area (Å²) in [5, 5.41) is 8.02. The molecule has 0 fully saturated rings. The lowest BCUT2D eigenvalue weighted by Gasteiger charge is -2.02. The minimum atomic E-state index is 0.443. The van der Waals surface area contributed by atoms with Gasteiger partial charge in [-0.15, -0.1) is 11.3 Å². The fourth-order valence-corrected chi connectivity index (χ4v) is 3.08. The average molecular weight is 300 g/mol. The van der Waals surface area contributed by atoms with Crippen LogP contribution in [0.2, 0.25) is 0 Å². The second-order valence-electron chi connectivity index (χ2n) is 3.85. The summed E-state index contributed by atoms with van der Waals surface area (Å²) < 4.78 is 12.9. The number of ether oxygens (including phenoxy) is 2. The number of thiazole rings is 1. The van der Waals surface area contributed by atoms with Crippen LogP contribution in [0.1, 0.15) is 17.6 Å². The van der Waals surface area contributed by atoms with Gasteiger partial charge in [0, 0.05) is 20.8 Å². The highest BCUT2D eigenvalue weighted by atomic mass is 32.1. The molecule has 0 amide bonds. The minimum Gasteiger partial charge on any atom is -0.378 e. The number of aromatic amines is 1. The van der Waals surface area contributed by atoms with Gasteiger partial charge in [-0.3, -0.25) is 9.67 Å². The van der Waals surface area contributed by atoms with Gasteiger partial charge < -0.3 is 9.47 Å². The van der Waals surface area contributed by atoms with Crippen molar-refractivity contribution in [1.29, 1.82) is 0 Å². The lowest BCUT2D eigenvalue weighted by atomic mass is 10.3. The highest BCUT2D eigenvalue weighted by Crippen LogP contribution is 2.30. The normalized spacial score (nSPS) is 11.1. The van der Waals surface area contributed by atoms with Gasteiger partial charge in [0.2, 0.25) is 0 Å². The largest absolute Gasteiger partial charge is 0.378 e. The van der Waals surface area contributed by atoms with E-state index in [4.69, 9.17) is 21.7 Å². The molecule has 104 valence electrons. The van der Waals surface area contributed by atoms with E-state index in [0.717, 1.165) is 27.9 Å². The van der Waals surface area contributed by atoms with Crippen LogP contribution in [-0.2, 0) is 29.2 Å². The molecule has 0 aliphatic heterocycles. The molecule has 0 bridgehead atoms. The summed E-state index contributed by atoms with van der Waals surface area (Å²) >= 11 is 6.77. The van der Waals surface area contributed by atoms with Gasteiger partial charge in [-0.05, 0) is 19.1 Å². The van der Waals surface area contributed by atoms with E-state index in [1.165, 1.54) is 0 Å². The molecule has 0 aromatic carbocycles. The zero-order chi connectivity index (χ0) is 13.8. The SMILES string of the molecule is CCn1c(-c2sc(COC)nc2COC)n[nH]c1=S. The van der Waals surface area contributed by atoms with Crippen molar-refractivity contribution in [3.05, 3.63) is 15.5 Å². The fourth-order valence-electron chi connectivity index (χ4n) is 1.78. The molecule has 8 heteroatoms. The summed E-state index contributed by atoms with van der Waals surface area (Å²) in [7, 11) is 3.30. The van der Waals surface area contributed by atoms with E-state index in [2.05, 4.69) is 15.2 Å². The van der Waals surface area contributed by atoms with Gasteiger partial charge in [-0.1, -0.05) is 0 Å². The van der Waals surface area contributed by atoms with Crippen LogP contribution >= 0.6 is 23.6 Å². The molecular formula is C11H16N4O2S2. The van der Waals surface area contributed by atoms with Gasteiger partial charge in [0.1, 0.15) is 5.01 Å². The number of nitrogens with one attached hydrogen (secondary N) is 1. The number of hydrogen-bond acceptors (Lipinski definition) is 6. The maximum atomic E-state index is 5.21. The Bertz CT molecular complexity index is 602. The third-order valence-corrected chi connectivity index (χ3v) is 3.95. The molecule has 0 spiro atoms. The average Bonchev–Trinajstić information content (AvgIpc) is 2.94. The lowest BCUT2D eigenvalue weighted by molar-refractivity contribution is 0.176. The number of nitrogens with zero attached hydrogens (tertiary/aromatic N) is 3. The van der Waals surface area contributed by atoms with Crippen LogP contribution in [-0.4, -0.2) is 34.0 Å². The van der Waals surface area contributed by atoms with Gasteiger partial charge in [0.05, 0.1) is 23.8 Å². The first-order valence-corrected chi connectivity index (χ1v) is 7.05. The number of hydrogen-bond donors (Lipinski definition) is 1. The predicted octanol–water partition coefficient (Wildman–Crippen LogP) is 2.38. The molecule has 2 rings (SSSR count). The van der Waals surface area contributed by atoms with Crippen LogP contribution in [0.3, 0.4) is 0 Å². The van der Waals surface area contributed by atoms with Gasteiger partial charge in [-0.25, -0.2) is 4.98 Å². The molecule has 0 radical (unpaired) electrons. The Morgan fingerprint density at radius 3 is 2.68 bits per heavy atom. The zero-order valence-corrected chi connectivity index (χ0v) is 12.7. The topological polar surface area (TPSA) is 65.0 Å². The number of aromatic nitrogens is 4. The molecule has 0 saturated heterocycles. The molecular weight excluding hydrogens is 284 g/mol. The molecule has 0 saturated carbocycles. The Morgan fingerprint density at radius 2 is 2.05 bits per heavy atom. The minimum absolute atomic E-state index is 0.443. The Hall–Kier alpha value is -1.09. The van der Waals surface area contributed by atoms with E-state index in [-0.39, 0.29) is 0 Å². The summed E-state index contributed by atoms with van der Waals surface area (Å²) in [6.07, 6.45) is 0. The maximum absolute atomic E-state index is 5.21. The summed E-state index contributed by atoms with van der Waals surface area (Å²) in [6.45, 7) is 3.72. The Morgan fingerprint density at radius 1 is 1.32 bits per heavy atom. The third kappa shape index (κ3) is 2.92. The van der Waals surface area contributed by atoms with Crippen molar-refractivity contribution in [1.82, 2.24) is 19.7 Å². The zero-order valence-electron chi connectivity index (χ0n) is 11.1. The lowest BCUT2D eigenvalue weighted by Crippen LogP contribution is -1.99. The van der Waals surface area contributed by atoms with E-state index in [0.29, 0.717) is 18.0 Å². The Balaban J connectivity index is 2.49. The summed E-state index contributed by atoms with van der Waals surface area (Å²) in [5.74, 6) is 0.805. The third-order valence-electron chi connectivity index (χ3n) is 2.57. The van der Waals surface area contributed by atoms with Crippen LogP contribution in [0.25, 0.3) is 10.7 Å². The second kappa shape index (κ2) is 6.38. The Kier molecular flexibility index (Phi) is 4.81. The van der Waals surface area contributed by atoms with E-state index < -0.39 is 0 Å². The van der Waals surface area contributed by atoms with Crippen LogP contribution in [0.5, 0.6) is 0 Å². The maximum Gasteiger partial charge on any atom is 0.195 e. The van der Waals surface area contributed by atoms with E-state index in [9.17, 15) is 0 Å². The standard InChI is InChI=1S/C11H16N4O2S2/c1-4-15-10(13-14-11(15)18)9-7(5-16-2)12-8(19-9)6-17-3/h4-6H2,1-3H3,(H,14,18). The van der Waals surface area contributed by atoms with E-state index in [1.807, 2.05) is 11.5 Å². The first kappa shape index (κ1) is 14.3. The van der Waals surface area contributed by atoms with Crippen LogP contribution in [0, 0.1) is 4.77 Å². The van der Waals surface area contributed by atoms with E-state index in [1.54, 1.807) is 25.6 Å². The van der Waals surface area contributed by atoms with Crippen molar-refractivity contribution in [2.45, 2.75) is 26.7 Å². The molecule has 19 heavy (non-hydrogen) atoms. The van der Waals surface area contributed by atoms with Crippen molar-refractivity contribution in [2.75, 3.05) is 14.2 Å². The van der Waals surface area contributed by atoms with Crippen LogP contribution in [0.4, 0.5) is 0 Å².